The molecule has 2 N–H and O–H groups in total. The van der Waals surface area contributed by atoms with Crippen molar-refractivity contribution in [1.29, 1.82) is 0 Å². The summed E-state index contributed by atoms with van der Waals surface area (Å²) >= 11 is 11.8. The van der Waals surface area contributed by atoms with Gasteiger partial charge >= 0.3 is 0 Å². The van der Waals surface area contributed by atoms with Crippen molar-refractivity contribution in [3.63, 3.8) is 0 Å². The number of carbonyl (C=O) groups is 1. The van der Waals surface area contributed by atoms with Crippen LogP contribution in [0, 0.1) is 0 Å². The van der Waals surface area contributed by atoms with E-state index in [4.69, 9.17) is 27.9 Å². The Morgan fingerprint density at radius 1 is 1.04 bits per heavy atom. The molecule has 0 aliphatic rings. The van der Waals surface area contributed by atoms with Crippen LogP contribution in [0.5, 0.6) is 5.75 Å². The molecule has 6 nitrogen and oxygen atoms in total. The average molecular weight is 431 g/mol. The molecule has 0 heterocycles. The first-order chi connectivity index (χ1) is 12.4. The van der Waals surface area contributed by atoms with Gasteiger partial charge in [-0.3, -0.25) is 4.79 Å². The lowest BCUT2D eigenvalue weighted by atomic mass is 10.1. The first kappa shape index (κ1) is 21.5. The van der Waals surface area contributed by atoms with E-state index in [2.05, 4.69) is 10.0 Å². The van der Waals surface area contributed by atoms with E-state index in [1.54, 1.807) is 39.0 Å². The van der Waals surface area contributed by atoms with Crippen LogP contribution in [0.2, 0.25) is 10.0 Å². The lowest BCUT2D eigenvalue weighted by Gasteiger charge is -2.20. The molecule has 0 aromatic heterocycles. The lowest BCUT2D eigenvalue weighted by molar-refractivity contribution is -0.118. The second-order valence-corrected chi connectivity index (χ2v) is 9.38. The molecule has 0 aliphatic heterocycles. The maximum Gasteiger partial charge on any atom is 0.262 e. The SMILES string of the molecule is CC(C)(C)NS(=O)(=O)c1ccc(OCC(=O)Nc2cc(Cl)cc(Cl)c2)cc1. The number of carbonyl (C=O) groups excluding carboxylic acids is 1. The maximum atomic E-state index is 12.2. The maximum absolute atomic E-state index is 12.2. The molecule has 0 spiro atoms. The molecule has 9 heteroatoms. The van der Waals surface area contributed by atoms with Crippen molar-refractivity contribution in [1.82, 2.24) is 4.72 Å². The fourth-order valence-electron chi connectivity index (χ4n) is 2.15. The summed E-state index contributed by atoms with van der Waals surface area (Å²) in [4.78, 5) is 12.1. The molecule has 0 atom stereocenters. The second kappa shape index (κ2) is 8.48. The number of rotatable bonds is 6. The van der Waals surface area contributed by atoms with E-state index in [9.17, 15) is 13.2 Å². The fraction of sp³-hybridized carbons (Fsp3) is 0.278. The molecule has 146 valence electrons. The van der Waals surface area contributed by atoms with Crippen LogP contribution < -0.4 is 14.8 Å². The molecule has 2 aromatic rings. The molecular weight excluding hydrogens is 411 g/mol. The third-order valence-electron chi connectivity index (χ3n) is 3.09. The molecule has 1 amide bonds. The van der Waals surface area contributed by atoms with Gasteiger partial charge in [0, 0.05) is 21.3 Å². The predicted octanol–water partition coefficient (Wildman–Crippen LogP) is 4.09. The quantitative estimate of drug-likeness (QED) is 0.722. The predicted molar refractivity (Wildman–Crippen MR) is 107 cm³/mol. The van der Waals surface area contributed by atoms with Crippen LogP contribution in [0.4, 0.5) is 5.69 Å². The van der Waals surface area contributed by atoms with Crippen LogP contribution in [-0.4, -0.2) is 26.5 Å². The van der Waals surface area contributed by atoms with Crippen LogP contribution in [-0.2, 0) is 14.8 Å². The smallest absolute Gasteiger partial charge is 0.262 e. The molecule has 0 saturated heterocycles. The molecule has 0 unspecified atom stereocenters. The highest BCUT2D eigenvalue weighted by Crippen LogP contribution is 2.22. The van der Waals surface area contributed by atoms with E-state index in [1.165, 1.54) is 24.3 Å². The number of halogens is 2. The van der Waals surface area contributed by atoms with Gasteiger partial charge in [0.25, 0.3) is 5.91 Å². The van der Waals surface area contributed by atoms with Crippen LogP contribution in [0.25, 0.3) is 0 Å². The lowest BCUT2D eigenvalue weighted by Crippen LogP contribution is -2.40. The number of nitrogens with one attached hydrogen (secondary N) is 2. The largest absolute Gasteiger partial charge is 0.484 e. The standard InChI is InChI=1S/C18H20Cl2N2O4S/c1-18(2,3)22-27(24,25)16-6-4-15(5-7-16)26-11-17(23)21-14-9-12(19)8-13(20)10-14/h4-10,22H,11H2,1-3H3,(H,21,23). The normalized spacial score (nSPS) is 11.9. The van der Waals surface area contributed by atoms with E-state index >= 15 is 0 Å². The van der Waals surface area contributed by atoms with Crippen molar-refractivity contribution in [3.05, 3.63) is 52.5 Å². The number of amides is 1. The van der Waals surface area contributed by atoms with E-state index in [1.807, 2.05) is 0 Å². The summed E-state index contributed by atoms with van der Waals surface area (Å²) in [6.45, 7) is 5.02. The van der Waals surface area contributed by atoms with Gasteiger partial charge in [-0.25, -0.2) is 13.1 Å². The summed E-state index contributed by atoms with van der Waals surface area (Å²) in [5.74, 6) is -0.0385. The molecule has 2 rings (SSSR count). The number of ether oxygens (including phenoxy) is 1. The third-order valence-corrected chi connectivity index (χ3v) is 5.30. The molecule has 0 fully saturated rings. The van der Waals surface area contributed by atoms with Gasteiger partial charge in [-0.05, 0) is 63.2 Å². The summed E-state index contributed by atoms with van der Waals surface area (Å²) in [6, 6.07) is 10.5. The highest BCUT2D eigenvalue weighted by Gasteiger charge is 2.21. The van der Waals surface area contributed by atoms with Gasteiger partial charge in [0.15, 0.2) is 6.61 Å². The third kappa shape index (κ3) is 7.03. The Morgan fingerprint density at radius 3 is 2.11 bits per heavy atom. The Hall–Kier alpha value is -1.80. The number of anilines is 1. The topological polar surface area (TPSA) is 84.5 Å². The minimum atomic E-state index is -3.62. The van der Waals surface area contributed by atoms with Gasteiger partial charge in [-0.2, -0.15) is 0 Å². The first-order valence-electron chi connectivity index (χ1n) is 7.97. The Balaban J connectivity index is 1.95. The molecule has 2 aromatic carbocycles. The summed E-state index contributed by atoms with van der Waals surface area (Å²) in [7, 11) is -3.62. The first-order valence-corrected chi connectivity index (χ1v) is 10.2. The van der Waals surface area contributed by atoms with Crippen LogP contribution >= 0.6 is 23.2 Å². The van der Waals surface area contributed by atoms with Crippen LogP contribution in [0.15, 0.2) is 47.4 Å². The zero-order valence-electron chi connectivity index (χ0n) is 15.0. The molecule has 0 bridgehead atoms. The molecule has 0 aliphatic carbocycles. The highest BCUT2D eigenvalue weighted by molar-refractivity contribution is 7.89. The minimum absolute atomic E-state index is 0.114. The fourth-order valence-corrected chi connectivity index (χ4v) is 4.09. The number of sulfonamides is 1. The van der Waals surface area contributed by atoms with Crippen LogP contribution in [0.3, 0.4) is 0 Å². The van der Waals surface area contributed by atoms with Crippen molar-refractivity contribution < 1.29 is 17.9 Å². The van der Waals surface area contributed by atoms with Crippen molar-refractivity contribution in [2.75, 3.05) is 11.9 Å². The van der Waals surface area contributed by atoms with Gasteiger partial charge in [0.05, 0.1) is 4.90 Å². The number of benzene rings is 2. The van der Waals surface area contributed by atoms with Gasteiger partial charge in [-0.1, -0.05) is 23.2 Å². The van der Waals surface area contributed by atoms with Crippen molar-refractivity contribution in [3.8, 4) is 5.75 Å². The monoisotopic (exact) mass is 430 g/mol. The zero-order chi connectivity index (χ0) is 20.2. The zero-order valence-corrected chi connectivity index (χ0v) is 17.4. The summed E-state index contributed by atoms with van der Waals surface area (Å²) in [5.41, 5.74) is -0.134. The van der Waals surface area contributed by atoms with Gasteiger partial charge < -0.3 is 10.1 Å². The van der Waals surface area contributed by atoms with Gasteiger partial charge in [-0.15, -0.1) is 0 Å². The van der Waals surface area contributed by atoms with E-state index in [0.29, 0.717) is 21.5 Å². The number of hydrogen-bond donors (Lipinski definition) is 2. The second-order valence-electron chi connectivity index (χ2n) is 6.82. The molecule has 27 heavy (non-hydrogen) atoms. The Bertz CT molecular complexity index is 903. The molecule has 0 saturated carbocycles. The van der Waals surface area contributed by atoms with Gasteiger partial charge in [0.2, 0.25) is 10.0 Å². The summed E-state index contributed by atoms with van der Waals surface area (Å²) in [6.07, 6.45) is 0. The summed E-state index contributed by atoms with van der Waals surface area (Å²) < 4.78 is 32.4. The van der Waals surface area contributed by atoms with Crippen molar-refractivity contribution in [2.24, 2.45) is 0 Å². The average Bonchev–Trinajstić information content (AvgIpc) is 2.50. The number of hydrogen-bond acceptors (Lipinski definition) is 4. The van der Waals surface area contributed by atoms with Crippen molar-refractivity contribution in [2.45, 2.75) is 31.2 Å². The van der Waals surface area contributed by atoms with Crippen LogP contribution in [0.1, 0.15) is 20.8 Å². The Kier molecular flexibility index (Phi) is 6.75. The Labute approximate surface area is 168 Å². The van der Waals surface area contributed by atoms with E-state index in [0.717, 1.165) is 0 Å². The summed E-state index contributed by atoms with van der Waals surface area (Å²) in [5, 5.41) is 3.42. The molecule has 0 radical (unpaired) electrons. The van der Waals surface area contributed by atoms with E-state index in [-0.39, 0.29) is 11.5 Å². The van der Waals surface area contributed by atoms with Crippen molar-refractivity contribution >= 4 is 44.8 Å². The molecular formula is C18H20Cl2N2O4S. The minimum Gasteiger partial charge on any atom is -0.484 e. The highest BCUT2D eigenvalue weighted by atomic mass is 35.5. The Morgan fingerprint density at radius 2 is 1.59 bits per heavy atom. The van der Waals surface area contributed by atoms with E-state index < -0.39 is 21.5 Å². The van der Waals surface area contributed by atoms with Gasteiger partial charge in [0.1, 0.15) is 5.75 Å².